The van der Waals surface area contributed by atoms with Gasteiger partial charge in [0, 0.05) is 28.2 Å². The molecule has 0 radical (unpaired) electrons. The van der Waals surface area contributed by atoms with Gasteiger partial charge in [-0.05, 0) is 69.3 Å². The van der Waals surface area contributed by atoms with Crippen molar-refractivity contribution in [2.24, 2.45) is 0 Å². The Hall–Kier alpha value is -3.14. The molecule has 0 fully saturated rings. The second-order valence-electron chi connectivity index (χ2n) is 8.90. The van der Waals surface area contributed by atoms with Gasteiger partial charge in [-0.2, -0.15) is 0 Å². The number of amides is 2. The van der Waals surface area contributed by atoms with Crippen molar-refractivity contribution in [3.05, 3.63) is 94.2 Å². The van der Waals surface area contributed by atoms with E-state index in [2.05, 4.69) is 5.32 Å². The van der Waals surface area contributed by atoms with Gasteiger partial charge in [-0.3, -0.25) is 13.9 Å². The lowest BCUT2D eigenvalue weighted by Crippen LogP contribution is -2.52. The molecule has 3 aromatic rings. The molecule has 0 aliphatic rings. The van der Waals surface area contributed by atoms with Gasteiger partial charge >= 0.3 is 0 Å². The second kappa shape index (κ2) is 12.6. The minimum Gasteiger partial charge on any atom is -0.352 e. The third-order valence-electron chi connectivity index (χ3n) is 5.67. The van der Waals surface area contributed by atoms with Crippen LogP contribution in [-0.2, 0) is 26.2 Å². The number of rotatable bonds is 10. The predicted octanol–water partition coefficient (Wildman–Crippen LogP) is 5.27. The van der Waals surface area contributed by atoms with E-state index in [1.54, 1.807) is 32.0 Å². The zero-order valence-electron chi connectivity index (χ0n) is 21.1. The van der Waals surface area contributed by atoms with Crippen LogP contribution in [-0.4, -0.2) is 43.8 Å². The Labute approximate surface area is 232 Å². The maximum atomic E-state index is 14.5. The molecular weight excluding hydrogens is 552 g/mol. The first-order chi connectivity index (χ1) is 17.9. The number of nitrogens with zero attached hydrogens (tertiary/aromatic N) is 2. The molecule has 0 aromatic heterocycles. The Kier molecular flexibility index (Phi) is 9.76. The molecular formula is C27H28Cl2FN3O4S. The van der Waals surface area contributed by atoms with Crippen molar-refractivity contribution >= 4 is 50.7 Å². The van der Waals surface area contributed by atoms with Gasteiger partial charge < -0.3 is 10.2 Å². The molecule has 11 heteroatoms. The molecule has 0 aliphatic carbocycles. The smallest absolute Gasteiger partial charge is 0.264 e. The van der Waals surface area contributed by atoms with E-state index in [9.17, 15) is 22.4 Å². The third-order valence-corrected chi connectivity index (χ3v) is 7.95. The maximum Gasteiger partial charge on any atom is 0.264 e. The fraction of sp³-hybridized carbons (Fsp3) is 0.259. The molecule has 3 aromatic carbocycles. The first-order valence-electron chi connectivity index (χ1n) is 11.8. The van der Waals surface area contributed by atoms with E-state index in [0.29, 0.717) is 5.02 Å². The van der Waals surface area contributed by atoms with Crippen molar-refractivity contribution in [2.45, 2.75) is 44.3 Å². The number of benzene rings is 3. The average molecular weight is 581 g/mol. The summed E-state index contributed by atoms with van der Waals surface area (Å²) in [6, 6.07) is 16.2. The maximum absolute atomic E-state index is 14.5. The fourth-order valence-electron chi connectivity index (χ4n) is 3.69. The molecule has 202 valence electrons. The van der Waals surface area contributed by atoms with E-state index in [1.807, 2.05) is 0 Å². The number of nitrogens with one attached hydrogen (secondary N) is 1. The topological polar surface area (TPSA) is 86.8 Å². The Balaban J connectivity index is 2.04. The standard InChI is InChI=1S/C27H28Cl2FN3O4S/c1-18(2)31-27(35)19(3)32(16-20-7-4-5-10-25(20)30)26(34)17-33(23-9-6-8-22(29)15-23)38(36,37)24-13-11-21(28)12-14-24/h4-15,18-19H,16-17H2,1-3H3,(H,31,35). The van der Waals surface area contributed by atoms with Gasteiger partial charge in [0.25, 0.3) is 10.0 Å². The van der Waals surface area contributed by atoms with Gasteiger partial charge in [0.15, 0.2) is 0 Å². The van der Waals surface area contributed by atoms with Crippen LogP contribution in [0.5, 0.6) is 0 Å². The summed E-state index contributed by atoms with van der Waals surface area (Å²) in [7, 11) is -4.27. The van der Waals surface area contributed by atoms with Gasteiger partial charge in [0.2, 0.25) is 11.8 Å². The summed E-state index contributed by atoms with van der Waals surface area (Å²) in [5.41, 5.74) is 0.325. The average Bonchev–Trinajstić information content (AvgIpc) is 2.86. The van der Waals surface area contributed by atoms with Crippen molar-refractivity contribution in [1.29, 1.82) is 0 Å². The molecule has 7 nitrogen and oxygen atoms in total. The van der Waals surface area contributed by atoms with Crippen LogP contribution in [0, 0.1) is 5.82 Å². The molecule has 0 spiro atoms. The van der Waals surface area contributed by atoms with Crippen molar-refractivity contribution in [3.63, 3.8) is 0 Å². The van der Waals surface area contributed by atoms with Gasteiger partial charge in [-0.1, -0.05) is 47.5 Å². The number of carbonyl (C=O) groups is 2. The molecule has 0 bridgehead atoms. The highest BCUT2D eigenvalue weighted by Gasteiger charge is 2.33. The van der Waals surface area contributed by atoms with Gasteiger partial charge in [0.05, 0.1) is 10.6 Å². The number of hydrogen-bond donors (Lipinski definition) is 1. The van der Waals surface area contributed by atoms with Crippen molar-refractivity contribution < 1.29 is 22.4 Å². The summed E-state index contributed by atoms with van der Waals surface area (Å²) >= 11 is 12.1. The molecule has 38 heavy (non-hydrogen) atoms. The fourth-order valence-corrected chi connectivity index (χ4v) is 5.41. The van der Waals surface area contributed by atoms with E-state index < -0.39 is 40.2 Å². The first kappa shape index (κ1) is 29.4. The Morgan fingerprint density at radius 2 is 1.58 bits per heavy atom. The normalized spacial score (nSPS) is 12.2. The summed E-state index contributed by atoms with van der Waals surface area (Å²) in [5, 5.41) is 3.35. The second-order valence-corrected chi connectivity index (χ2v) is 11.6. The number of sulfonamides is 1. The SMILES string of the molecule is CC(C)NC(=O)C(C)N(Cc1ccccc1F)C(=O)CN(c1cccc(Cl)c1)S(=O)(=O)c1ccc(Cl)cc1. The van der Waals surface area contributed by atoms with Gasteiger partial charge in [-0.25, -0.2) is 12.8 Å². The molecule has 0 saturated carbocycles. The van der Waals surface area contributed by atoms with Crippen LogP contribution in [0.3, 0.4) is 0 Å². The lowest BCUT2D eigenvalue weighted by molar-refractivity contribution is -0.139. The lowest BCUT2D eigenvalue weighted by Gasteiger charge is -2.32. The van der Waals surface area contributed by atoms with Crippen molar-refractivity contribution in [3.8, 4) is 0 Å². The monoisotopic (exact) mass is 579 g/mol. The largest absolute Gasteiger partial charge is 0.352 e. The number of hydrogen-bond acceptors (Lipinski definition) is 4. The summed E-state index contributed by atoms with van der Waals surface area (Å²) in [4.78, 5) is 27.7. The van der Waals surface area contributed by atoms with Crippen molar-refractivity contribution in [2.75, 3.05) is 10.8 Å². The minimum absolute atomic E-state index is 0.0964. The van der Waals surface area contributed by atoms with Crippen LogP contribution in [0.1, 0.15) is 26.3 Å². The van der Waals surface area contributed by atoms with Crippen LogP contribution in [0.15, 0.2) is 77.7 Å². The Morgan fingerprint density at radius 3 is 2.18 bits per heavy atom. The summed E-state index contributed by atoms with van der Waals surface area (Å²) in [6.45, 7) is 4.13. The molecule has 3 rings (SSSR count). The van der Waals surface area contributed by atoms with Gasteiger partial charge in [-0.15, -0.1) is 0 Å². The highest BCUT2D eigenvalue weighted by atomic mass is 35.5. The molecule has 1 N–H and O–H groups in total. The van der Waals surface area contributed by atoms with Crippen molar-refractivity contribution in [1.82, 2.24) is 10.2 Å². The quantitative estimate of drug-likeness (QED) is 0.354. The van der Waals surface area contributed by atoms with E-state index in [1.165, 1.54) is 61.5 Å². The highest BCUT2D eigenvalue weighted by Crippen LogP contribution is 2.27. The first-order valence-corrected chi connectivity index (χ1v) is 14.0. The summed E-state index contributed by atoms with van der Waals surface area (Å²) < 4.78 is 42.9. The van der Waals surface area contributed by atoms with Crippen LogP contribution < -0.4 is 9.62 Å². The number of halogens is 3. The van der Waals surface area contributed by atoms with E-state index in [-0.39, 0.29) is 33.8 Å². The highest BCUT2D eigenvalue weighted by molar-refractivity contribution is 7.92. The minimum atomic E-state index is -4.27. The van der Waals surface area contributed by atoms with Crippen LogP contribution in [0.4, 0.5) is 10.1 Å². The number of carbonyl (C=O) groups excluding carboxylic acids is 2. The summed E-state index contributed by atoms with van der Waals surface area (Å²) in [6.07, 6.45) is 0. The summed E-state index contributed by atoms with van der Waals surface area (Å²) in [5.74, 6) is -1.72. The van der Waals surface area contributed by atoms with E-state index >= 15 is 0 Å². The molecule has 1 unspecified atom stereocenters. The molecule has 1 atom stereocenters. The van der Waals surface area contributed by atoms with E-state index in [0.717, 1.165) is 9.21 Å². The Bertz CT molecular complexity index is 1400. The van der Waals surface area contributed by atoms with Crippen LogP contribution >= 0.6 is 23.2 Å². The Morgan fingerprint density at radius 1 is 0.921 bits per heavy atom. The molecule has 0 saturated heterocycles. The zero-order chi connectivity index (χ0) is 28.0. The molecule has 0 heterocycles. The van der Waals surface area contributed by atoms with E-state index in [4.69, 9.17) is 23.2 Å². The third kappa shape index (κ3) is 7.24. The molecule has 0 aliphatic heterocycles. The molecule has 2 amide bonds. The predicted molar refractivity (Wildman–Crippen MR) is 147 cm³/mol. The van der Waals surface area contributed by atoms with Crippen LogP contribution in [0.25, 0.3) is 0 Å². The number of anilines is 1. The van der Waals surface area contributed by atoms with Crippen LogP contribution in [0.2, 0.25) is 10.0 Å². The lowest BCUT2D eigenvalue weighted by atomic mass is 10.1. The van der Waals surface area contributed by atoms with Gasteiger partial charge in [0.1, 0.15) is 18.4 Å². The zero-order valence-corrected chi connectivity index (χ0v) is 23.4.